The molecule has 0 fully saturated rings. The Kier molecular flexibility index (Phi) is 9.71. The molecule has 0 saturated carbocycles. The normalized spacial score (nSPS) is 13.6. The van der Waals surface area contributed by atoms with Crippen molar-refractivity contribution in [3.8, 4) is 22.8 Å². The molecular weight excluding hydrogens is 610 g/mol. The van der Waals surface area contributed by atoms with E-state index in [1.807, 2.05) is 105 Å². The molecule has 48 heavy (non-hydrogen) atoms. The van der Waals surface area contributed by atoms with Crippen molar-refractivity contribution in [2.45, 2.75) is 118 Å². The van der Waals surface area contributed by atoms with Gasteiger partial charge >= 0.3 is 0 Å². The van der Waals surface area contributed by atoms with E-state index in [-0.39, 0.29) is 0 Å². The fraction of sp³-hybridized carbons (Fsp3) is 0.553. The largest absolute Gasteiger partial charge is 0.488 e. The molecule has 0 aliphatic rings. The average Bonchev–Trinajstić information content (AvgIpc) is 3.35. The maximum Gasteiger partial charge on any atom is 0.257 e. The predicted octanol–water partition coefficient (Wildman–Crippen LogP) is 9.35. The summed E-state index contributed by atoms with van der Waals surface area (Å²) in [5.74, 6) is -1.56. The summed E-state index contributed by atoms with van der Waals surface area (Å²) in [6.45, 7) is 25.0. The molecule has 0 spiro atoms. The number of alkyl halides is 2. The van der Waals surface area contributed by atoms with Gasteiger partial charge in [-0.05, 0) is 87.4 Å². The number of nitrogens with one attached hydrogen (secondary N) is 1. The molecule has 0 amide bonds. The van der Waals surface area contributed by atoms with Crippen LogP contribution in [-0.2, 0) is 7.05 Å². The molecule has 2 heterocycles. The molecule has 2 aromatic carbocycles. The third kappa shape index (κ3) is 8.43. The smallest absolute Gasteiger partial charge is 0.257 e. The number of benzene rings is 2. The lowest BCUT2D eigenvalue weighted by molar-refractivity contribution is -0.00486. The number of ether oxygens (including phenoxy) is 2. The monoisotopic (exact) mass is 664 g/mol. The summed E-state index contributed by atoms with van der Waals surface area (Å²) in [4.78, 5) is 11.9. The van der Waals surface area contributed by atoms with Crippen LogP contribution in [0.25, 0.3) is 22.3 Å². The number of nitrogens with zero attached hydrogens (tertiary/aromatic N) is 5. The van der Waals surface area contributed by atoms with Gasteiger partial charge < -0.3 is 19.7 Å². The van der Waals surface area contributed by atoms with Crippen LogP contribution in [0.15, 0.2) is 55.0 Å². The summed E-state index contributed by atoms with van der Waals surface area (Å²) in [5.41, 5.74) is 1.74. The molecule has 0 unspecified atom stereocenters. The minimum Gasteiger partial charge on any atom is -0.488 e. The summed E-state index contributed by atoms with van der Waals surface area (Å²) in [6.07, 6.45) is 5.43. The number of rotatable bonds is 11. The Bertz CT molecular complexity index is 1710. The highest BCUT2D eigenvalue weighted by Crippen LogP contribution is 2.50. The molecule has 8 nitrogen and oxygen atoms in total. The fourth-order valence-corrected chi connectivity index (χ4v) is 5.78. The minimum absolute atomic E-state index is 0.444. The first-order valence-electron chi connectivity index (χ1n) is 16.5. The number of anilines is 2. The Morgan fingerprint density at radius 3 is 1.83 bits per heavy atom. The van der Waals surface area contributed by atoms with E-state index in [0.717, 1.165) is 29.4 Å². The molecule has 0 aliphatic heterocycles. The maximum absolute atomic E-state index is 14.2. The molecule has 2 aromatic heterocycles. The van der Waals surface area contributed by atoms with Gasteiger partial charge in [-0.2, -0.15) is 5.10 Å². The Morgan fingerprint density at radius 2 is 1.33 bits per heavy atom. The van der Waals surface area contributed by atoms with Crippen LogP contribution in [0.3, 0.4) is 0 Å². The van der Waals surface area contributed by atoms with E-state index in [4.69, 9.17) is 19.4 Å². The van der Waals surface area contributed by atoms with Crippen molar-refractivity contribution in [3.05, 3.63) is 55.0 Å². The summed E-state index contributed by atoms with van der Waals surface area (Å²) < 4.78 is 42.9. The van der Waals surface area contributed by atoms with Crippen molar-refractivity contribution in [1.82, 2.24) is 25.1 Å². The second-order valence-electron chi connectivity index (χ2n) is 16.5. The van der Waals surface area contributed by atoms with Gasteiger partial charge in [-0.15, -0.1) is 0 Å². The molecule has 0 bridgehead atoms. The summed E-state index contributed by atoms with van der Waals surface area (Å²) in [6, 6.07) is 12.0. The number of hydrogen-bond acceptors (Lipinski definition) is 7. The van der Waals surface area contributed by atoms with Crippen LogP contribution in [0.1, 0.15) is 90.0 Å². The van der Waals surface area contributed by atoms with Crippen LogP contribution in [0.5, 0.6) is 11.5 Å². The van der Waals surface area contributed by atoms with Crippen molar-refractivity contribution in [1.29, 1.82) is 0 Å². The molecule has 10 heteroatoms. The van der Waals surface area contributed by atoms with Gasteiger partial charge in [0, 0.05) is 71.8 Å². The SMILES string of the molecule is Cn1cc(-c2cnc3ccc(N(c4cc(OC(C)(C)C)cc(OC(C)(C)C)c4)C(C)(C)C(C)(C)C(C)(C)NCC(C)(F)F)cc3n2)cn1. The maximum atomic E-state index is 14.2. The van der Waals surface area contributed by atoms with Gasteiger partial charge in [0.1, 0.15) is 22.7 Å². The highest BCUT2D eigenvalue weighted by Gasteiger charge is 2.52. The van der Waals surface area contributed by atoms with Crippen LogP contribution in [0.4, 0.5) is 20.2 Å². The molecule has 262 valence electrons. The second kappa shape index (κ2) is 12.6. The fourth-order valence-electron chi connectivity index (χ4n) is 5.78. The topological polar surface area (TPSA) is 77.3 Å². The van der Waals surface area contributed by atoms with Gasteiger partial charge in [-0.1, -0.05) is 13.8 Å². The van der Waals surface area contributed by atoms with E-state index in [9.17, 15) is 8.78 Å². The van der Waals surface area contributed by atoms with Gasteiger partial charge in [0.2, 0.25) is 0 Å². The van der Waals surface area contributed by atoms with Crippen LogP contribution in [0, 0.1) is 5.41 Å². The zero-order valence-corrected chi connectivity index (χ0v) is 31.2. The molecule has 4 rings (SSSR count). The molecule has 0 aliphatic carbocycles. The molecule has 0 saturated heterocycles. The van der Waals surface area contributed by atoms with Gasteiger partial charge in [-0.25, -0.2) is 13.8 Å². The van der Waals surface area contributed by atoms with E-state index in [1.165, 1.54) is 0 Å². The van der Waals surface area contributed by atoms with Crippen molar-refractivity contribution in [2.75, 3.05) is 11.4 Å². The highest BCUT2D eigenvalue weighted by molar-refractivity contribution is 5.83. The standard InChI is InChI=1S/C38H54F2N6O2/c1-33(2,3)47-28-17-27(18-29(20-28)48-34(4,5)6)46(37(11,12)35(7,8)36(9,10)42-24-38(13,39)40)26-15-16-30-31(19-26)44-32(22-41-30)25-21-43-45(14)23-25/h15-23,42H,24H2,1-14H3. The Balaban J connectivity index is 1.98. The van der Waals surface area contributed by atoms with Crippen LogP contribution in [0.2, 0.25) is 0 Å². The number of halogens is 2. The summed E-state index contributed by atoms with van der Waals surface area (Å²) in [5, 5.41) is 7.49. The van der Waals surface area contributed by atoms with E-state index < -0.39 is 40.2 Å². The molecule has 4 aromatic rings. The van der Waals surface area contributed by atoms with Crippen molar-refractivity contribution < 1.29 is 18.3 Å². The number of aryl methyl sites for hydroxylation is 1. The summed E-state index contributed by atoms with van der Waals surface area (Å²) in [7, 11) is 1.87. The Hall–Kier alpha value is -3.79. The van der Waals surface area contributed by atoms with Crippen molar-refractivity contribution >= 4 is 22.4 Å². The first-order chi connectivity index (χ1) is 21.8. The van der Waals surface area contributed by atoms with E-state index in [0.29, 0.717) is 22.7 Å². The molecular formula is C38H54F2N6O2. The third-order valence-corrected chi connectivity index (χ3v) is 9.25. The lowest BCUT2D eigenvalue weighted by Crippen LogP contribution is -2.66. The van der Waals surface area contributed by atoms with E-state index >= 15 is 0 Å². The van der Waals surface area contributed by atoms with Crippen LogP contribution >= 0.6 is 0 Å². The predicted molar refractivity (Wildman–Crippen MR) is 192 cm³/mol. The third-order valence-electron chi connectivity index (χ3n) is 9.25. The van der Waals surface area contributed by atoms with Gasteiger partial charge in [-0.3, -0.25) is 9.67 Å². The van der Waals surface area contributed by atoms with Crippen LogP contribution < -0.4 is 19.7 Å². The minimum atomic E-state index is -2.86. The lowest BCUT2D eigenvalue weighted by Gasteiger charge is -2.57. The molecule has 0 atom stereocenters. The van der Waals surface area contributed by atoms with Gasteiger partial charge in [0.05, 0.1) is 35.7 Å². The zero-order valence-electron chi connectivity index (χ0n) is 31.2. The molecule has 1 N–H and O–H groups in total. The van der Waals surface area contributed by atoms with Crippen molar-refractivity contribution in [2.24, 2.45) is 12.5 Å². The van der Waals surface area contributed by atoms with Gasteiger partial charge in [0.25, 0.3) is 5.92 Å². The Labute approximate surface area is 285 Å². The lowest BCUT2D eigenvalue weighted by atomic mass is 9.61. The number of fused-ring (bicyclic) bond motifs is 1. The number of hydrogen-bond donors (Lipinski definition) is 1. The first-order valence-corrected chi connectivity index (χ1v) is 16.5. The average molecular weight is 665 g/mol. The second-order valence-corrected chi connectivity index (χ2v) is 16.5. The Morgan fingerprint density at radius 1 is 0.750 bits per heavy atom. The van der Waals surface area contributed by atoms with Crippen LogP contribution in [-0.4, -0.2) is 54.5 Å². The number of aromatic nitrogens is 4. The van der Waals surface area contributed by atoms with Crippen molar-refractivity contribution in [3.63, 3.8) is 0 Å². The highest BCUT2D eigenvalue weighted by atomic mass is 19.3. The van der Waals surface area contributed by atoms with Gasteiger partial charge in [0.15, 0.2) is 0 Å². The van der Waals surface area contributed by atoms with E-state index in [1.54, 1.807) is 17.1 Å². The first kappa shape index (κ1) is 37.0. The zero-order chi connectivity index (χ0) is 36.1. The van der Waals surface area contributed by atoms with E-state index in [2.05, 4.69) is 43.0 Å². The summed E-state index contributed by atoms with van der Waals surface area (Å²) >= 11 is 0. The quantitative estimate of drug-likeness (QED) is 0.171. The molecule has 0 radical (unpaired) electrons.